The van der Waals surface area contributed by atoms with Crippen LogP contribution in [0.15, 0.2) is 30.6 Å². The minimum absolute atomic E-state index is 0.123. The summed E-state index contributed by atoms with van der Waals surface area (Å²) >= 11 is 0. The molecule has 0 unspecified atom stereocenters. The fourth-order valence-electron chi connectivity index (χ4n) is 1.16. The summed E-state index contributed by atoms with van der Waals surface area (Å²) in [6.07, 6.45) is 2.97. The lowest BCUT2D eigenvalue weighted by Gasteiger charge is -2.04. The van der Waals surface area contributed by atoms with Gasteiger partial charge in [0.2, 0.25) is 0 Å². The van der Waals surface area contributed by atoms with E-state index in [4.69, 9.17) is 0 Å². The fourth-order valence-corrected chi connectivity index (χ4v) is 1.16. The van der Waals surface area contributed by atoms with Crippen molar-refractivity contribution < 1.29 is 9.90 Å². The number of nitrogens with zero attached hydrogens (tertiary/aromatic N) is 2. The number of carbonyl (C=O) groups excluding carboxylic acids is 1. The van der Waals surface area contributed by atoms with E-state index in [1.807, 2.05) is 0 Å². The Bertz CT molecular complexity index is 463. The van der Waals surface area contributed by atoms with E-state index >= 15 is 0 Å². The molecule has 0 aromatic carbocycles. The van der Waals surface area contributed by atoms with Crippen LogP contribution in [0.1, 0.15) is 10.4 Å². The first-order valence-electron chi connectivity index (χ1n) is 3.70. The highest BCUT2D eigenvalue weighted by Crippen LogP contribution is 2.12. The quantitative estimate of drug-likeness (QED) is 0.608. The fraction of sp³-hybridized carbons (Fsp3) is 0. The third-order valence-corrected chi connectivity index (χ3v) is 1.73. The Balaban J connectivity index is 2.83. The van der Waals surface area contributed by atoms with Gasteiger partial charge in [0.15, 0.2) is 5.65 Å². The summed E-state index contributed by atoms with van der Waals surface area (Å²) in [5.74, 6) is -1.21. The van der Waals surface area contributed by atoms with Gasteiger partial charge in [-0.2, -0.15) is 0 Å². The van der Waals surface area contributed by atoms with Gasteiger partial charge in [-0.05, 0) is 18.2 Å². The number of carbonyl (C=O) groups is 1. The highest BCUT2D eigenvalue weighted by Gasteiger charge is 2.01. The average Bonchev–Trinajstić information content (AvgIpc) is 2.17. The molecule has 2 aromatic rings. The molecule has 2 heterocycles. The molecule has 0 radical (unpaired) electrons. The molecular weight excluding hydrogens is 168 g/mol. The van der Waals surface area contributed by atoms with Crippen LogP contribution < -0.4 is 5.11 Å². The molecule has 0 bridgehead atoms. The molecule has 0 aliphatic carbocycles. The van der Waals surface area contributed by atoms with E-state index < -0.39 is 5.97 Å². The zero-order chi connectivity index (χ0) is 9.26. The normalized spacial score (nSPS) is 10.2. The molecule has 0 aliphatic rings. The summed E-state index contributed by atoms with van der Waals surface area (Å²) < 4.78 is 0. The van der Waals surface area contributed by atoms with Crippen molar-refractivity contribution in [1.82, 2.24) is 9.97 Å². The smallest absolute Gasteiger partial charge is 0.159 e. The van der Waals surface area contributed by atoms with Crippen LogP contribution in [0.25, 0.3) is 11.0 Å². The van der Waals surface area contributed by atoms with E-state index in [0.29, 0.717) is 11.0 Å². The molecule has 0 saturated heterocycles. The summed E-state index contributed by atoms with van der Waals surface area (Å²) in [5.41, 5.74) is 0.544. The van der Waals surface area contributed by atoms with Crippen LogP contribution in [0.3, 0.4) is 0 Å². The van der Waals surface area contributed by atoms with Crippen LogP contribution in [-0.2, 0) is 0 Å². The van der Waals surface area contributed by atoms with Gasteiger partial charge in [-0.1, -0.05) is 0 Å². The molecule has 0 saturated carbocycles. The third-order valence-electron chi connectivity index (χ3n) is 1.73. The van der Waals surface area contributed by atoms with E-state index in [-0.39, 0.29) is 5.56 Å². The summed E-state index contributed by atoms with van der Waals surface area (Å²) in [6, 6.07) is 4.72. The average molecular weight is 173 g/mol. The zero-order valence-electron chi connectivity index (χ0n) is 6.60. The molecule has 0 atom stereocenters. The molecule has 0 amide bonds. The Morgan fingerprint density at radius 1 is 1.23 bits per heavy atom. The second kappa shape index (κ2) is 2.82. The van der Waals surface area contributed by atoms with Gasteiger partial charge in [0.1, 0.15) is 0 Å². The van der Waals surface area contributed by atoms with Crippen molar-refractivity contribution in [3.05, 3.63) is 36.2 Å². The van der Waals surface area contributed by atoms with E-state index in [1.54, 1.807) is 18.3 Å². The monoisotopic (exact) mass is 173 g/mol. The van der Waals surface area contributed by atoms with Gasteiger partial charge >= 0.3 is 0 Å². The highest BCUT2D eigenvalue weighted by molar-refractivity contribution is 6.00. The van der Waals surface area contributed by atoms with E-state index in [0.717, 1.165) is 0 Å². The van der Waals surface area contributed by atoms with Crippen molar-refractivity contribution in [3.63, 3.8) is 0 Å². The van der Waals surface area contributed by atoms with Crippen molar-refractivity contribution in [2.45, 2.75) is 0 Å². The maximum Gasteiger partial charge on any atom is 0.159 e. The number of aromatic nitrogens is 2. The molecule has 2 rings (SSSR count). The number of fused-ring (bicyclic) bond motifs is 1. The number of hydrogen-bond acceptors (Lipinski definition) is 4. The topological polar surface area (TPSA) is 65.9 Å². The van der Waals surface area contributed by atoms with Crippen LogP contribution in [0.4, 0.5) is 0 Å². The van der Waals surface area contributed by atoms with Crippen molar-refractivity contribution >= 4 is 17.0 Å². The molecule has 13 heavy (non-hydrogen) atoms. The molecule has 64 valence electrons. The Kier molecular flexibility index (Phi) is 1.66. The Labute approximate surface area is 73.9 Å². The first-order valence-corrected chi connectivity index (χ1v) is 3.70. The van der Waals surface area contributed by atoms with Crippen molar-refractivity contribution in [1.29, 1.82) is 0 Å². The molecular formula is C9H5N2O2-. The van der Waals surface area contributed by atoms with Gasteiger partial charge in [-0.15, -0.1) is 0 Å². The summed E-state index contributed by atoms with van der Waals surface area (Å²) in [7, 11) is 0. The van der Waals surface area contributed by atoms with Crippen LogP contribution >= 0.6 is 0 Å². The number of aromatic carboxylic acids is 1. The van der Waals surface area contributed by atoms with Crippen molar-refractivity contribution in [3.8, 4) is 0 Å². The number of rotatable bonds is 1. The number of carboxylic acids is 1. The standard InChI is InChI=1S/C9H6N2O2/c12-9(13)7-3-5-11-8-6(7)2-1-4-10-8/h1-5H,(H,12,13)/p-1. The van der Waals surface area contributed by atoms with Crippen LogP contribution in [0, 0.1) is 0 Å². The first-order chi connectivity index (χ1) is 6.29. The van der Waals surface area contributed by atoms with Gasteiger partial charge in [-0.25, -0.2) is 9.97 Å². The summed E-state index contributed by atoms with van der Waals surface area (Å²) in [5, 5.41) is 11.2. The molecule has 0 aliphatic heterocycles. The van der Waals surface area contributed by atoms with Gasteiger partial charge in [-0.3, -0.25) is 0 Å². The van der Waals surface area contributed by atoms with Crippen LogP contribution in [0.5, 0.6) is 0 Å². The predicted molar refractivity (Wildman–Crippen MR) is 43.9 cm³/mol. The molecule has 0 spiro atoms. The zero-order valence-corrected chi connectivity index (χ0v) is 6.60. The Morgan fingerprint density at radius 2 is 2.00 bits per heavy atom. The largest absolute Gasteiger partial charge is 0.545 e. The van der Waals surface area contributed by atoms with Crippen molar-refractivity contribution in [2.75, 3.05) is 0 Å². The molecule has 0 N–H and O–H groups in total. The minimum Gasteiger partial charge on any atom is -0.545 e. The molecule has 4 heteroatoms. The summed E-state index contributed by atoms with van der Waals surface area (Å²) in [4.78, 5) is 18.5. The van der Waals surface area contributed by atoms with Crippen LogP contribution in [-0.4, -0.2) is 15.9 Å². The van der Waals surface area contributed by atoms with Gasteiger partial charge < -0.3 is 9.90 Å². The SMILES string of the molecule is O=C([O-])c1ccnc2ncccc12. The predicted octanol–water partition coefficient (Wildman–Crippen LogP) is -0.00670. The molecule has 0 fully saturated rings. The third kappa shape index (κ3) is 1.22. The van der Waals surface area contributed by atoms with Crippen molar-refractivity contribution in [2.24, 2.45) is 0 Å². The van der Waals surface area contributed by atoms with E-state index in [2.05, 4.69) is 9.97 Å². The first kappa shape index (κ1) is 7.67. The lowest BCUT2D eigenvalue weighted by molar-refractivity contribution is -0.254. The van der Waals surface area contributed by atoms with Gasteiger partial charge in [0, 0.05) is 23.3 Å². The Hall–Kier alpha value is -1.97. The maximum absolute atomic E-state index is 10.6. The lowest BCUT2D eigenvalue weighted by Crippen LogP contribution is -2.22. The summed E-state index contributed by atoms with van der Waals surface area (Å²) in [6.45, 7) is 0. The van der Waals surface area contributed by atoms with Crippen LogP contribution in [0.2, 0.25) is 0 Å². The van der Waals surface area contributed by atoms with Gasteiger partial charge in [0.25, 0.3) is 0 Å². The second-order valence-corrected chi connectivity index (χ2v) is 2.52. The second-order valence-electron chi connectivity index (χ2n) is 2.52. The number of hydrogen-bond donors (Lipinski definition) is 0. The molecule has 4 nitrogen and oxygen atoms in total. The number of pyridine rings is 2. The van der Waals surface area contributed by atoms with E-state index in [1.165, 1.54) is 12.3 Å². The Morgan fingerprint density at radius 3 is 2.77 bits per heavy atom. The number of carboxylic acid groups (broad SMARTS) is 1. The minimum atomic E-state index is -1.21. The van der Waals surface area contributed by atoms with E-state index in [9.17, 15) is 9.90 Å². The highest BCUT2D eigenvalue weighted by atomic mass is 16.4. The van der Waals surface area contributed by atoms with Gasteiger partial charge in [0.05, 0.1) is 5.97 Å². The maximum atomic E-state index is 10.6. The lowest BCUT2D eigenvalue weighted by atomic mass is 10.1. The molecule has 2 aromatic heterocycles.